The Labute approximate surface area is 122 Å². The molecule has 1 heterocycles. The zero-order valence-electron chi connectivity index (χ0n) is 9.62. The van der Waals surface area contributed by atoms with Crippen LogP contribution in [0, 0.1) is 0 Å². The number of ketones is 1. The fourth-order valence-electron chi connectivity index (χ4n) is 1.69. The first-order valence-electron chi connectivity index (χ1n) is 5.38. The standard InChI is InChI=1S/C12H11Br2N3O/c1-8(9-5-3-2-4-6-9)17-10(7-15-16-17)11(18)12(13)14/h2-8,12H,1H3/t8-/m1/s1. The SMILES string of the molecule is C[C@H](c1ccccc1)n1nncc1C(=O)C(Br)Br. The highest BCUT2D eigenvalue weighted by atomic mass is 79.9. The van der Waals surface area contributed by atoms with Crippen LogP contribution in [0.5, 0.6) is 0 Å². The van der Waals surface area contributed by atoms with Crippen molar-refractivity contribution in [3.05, 3.63) is 47.8 Å². The molecule has 1 atom stereocenters. The van der Waals surface area contributed by atoms with Crippen molar-refractivity contribution in [2.45, 2.75) is 16.7 Å². The van der Waals surface area contributed by atoms with E-state index in [1.54, 1.807) is 4.68 Å². The van der Waals surface area contributed by atoms with Crippen LogP contribution in [0.1, 0.15) is 29.0 Å². The molecule has 0 bridgehead atoms. The third-order valence-electron chi connectivity index (χ3n) is 2.67. The molecule has 1 aromatic heterocycles. The first-order valence-corrected chi connectivity index (χ1v) is 7.22. The molecule has 1 aromatic carbocycles. The van der Waals surface area contributed by atoms with Gasteiger partial charge in [-0.1, -0.05) is 67.4 Å². The summed E-state index contributed by atoms with van der Waals surface area (Å²) in [5, 5.41) is 7.82. The number of hydrogen-bond donors (Lipinski definition) is 0. The highest BCUT2D eigenvalue weighted by Crippen LogP contribution is 2.21. The monoisotopic (exact) mass is 371 g/mol. The van der Waals surface area contributed by atoms with Gasteiger partial charge in [-0.25, -0.2) is 4.68 Å². The zero-order valence-corrected chi connectivity index (χ0v) is 12.8. The van der Waals surface area contributed by atoms with E-state index in [9.17, 15) is 4.79 Å². The van der Waals surface area contributed by atoms with Crippen LogP contribution in [0.2, 0.25) is 0 Å². The number of rotatable bonds is 4. The molecule has 0 saturated heterocycles. The Hall–Kier alpha value is -1.01. The summed E-state index contributed by atoms with van der Waals surface area (Å²) in [4.78, 5) is 12.0. The molecule has 0 saturated carbocycles. The van der Waals surface area contributed by atoms with Gasteiger partial charge in [0.15, 0.2) is 0 Å². The average Bonchev–Trinajstić information content (AvgIpc) is 2.87. The molecule has 0 radical (unpaired) electrons. The molecular weight excluding hydrogens is 362 g/mol. The quantitative estimate of drug-likeness (QED) is 0.611. The molecule has 0 unspecified atom stereocenters. The second kappa shape index (κ2) is 5.75. The van der Waals surface area contributed by atoms with Crippen molar-refractivity contribution in [1.82, 2.24) is 15.0 Å². The Morgan fingerprint density at radius 2 is 1.94 bits per heavy atom. The Balaban J connectivity index is 2.35. The van der Waals surface area contributed by atoms with Crippen LogP contribution in [-0.4, -0.2) is 24.5 Å². The summed E-state index contributed by atoms with van der Waals surface area (Å²) in [6, 6.07) is 9.84. The van der Waals surface area contributed by atoms with Gasteiger partial charge in [-0.05, 0) is 12.5 Å². The molecule has 0 aliphatic heterocycles. The number of carbonyl (C=O) groups excluding carboxylic acids is 1. The first-order chi connectivity index (χ1) is 8.61. The first kappa shape index (κ1) is 13.4. The number of alkyl halides is 2. The minimum atomic E-state index is -0.426. The third-order valence-corrected chi connectivity index (χ3v) is 3.51. The minimum absolute atomic E-state index is 0.0357. The Bertz CT molecular complexity index is 539. The molecule has 0 fully saturated rings. The fourth-order valence-corrected chi connectivity index (χ4v) is 2.16. The topological polar surface area (TPSA) is 47.8 Å². The van der Waals surface area contributed by atoms with Crippen LogP contribution >= 0.6 is 31.9 Å². The van der Waals surface area contributed by atoms with E-state index in [-0.39, 0.29) is 11.8 Å². The van der Waals surface area contributed by atoms with Crippen molar-refractivity contribution in [2.24, 2.45) is 0 Å². The van der Waals surface area contributed by atoms with E-state index in [4.69, 9.17) is 0 Å². The van der Waals surface area contributed by atoms with Crippen molar-refractivity contribution >= 4 is 37.6 Å². The van der Waals surface area contributed by atoms with Crippen molar-refractivity contribution in [3.63, 3.8) is 0 Å². The number of benzene rings is 1. The molecule has 6 heteroatoms. The Morgan fingerprint density at radius 1 is 1.28 bits per heavy atom. The van der Waals surface area contributed by atoms with E-state index in [0.717, 1.165) is 5.56 Å². The van der Waals surface area contributed by atoms with E-state index in [1.807, 2.05) is 37.3 Å². The van der Waals surface area contributed by atoms with Gasteiger partial charge in [-0.3, -0.25) is 4.79 Å². The lowest BCUT2D eigenvalue weighted by molar-refractivity contribution is 0.100. The predicted octanol–water partition coefficient (Wildman–Crippen LogP) is 3.19. The smallest absolute Gasteiger partial charge is 0.206 e. The van der Waals surface area contributed by atoms with E-state index in [2.05, 4.69) is 42.2 Å². The van der Waals surface area contributed by atoms with Gasteiger partial charge < -0.3 is 0 Å². The summed E-state index contributed by atoms with van der Waals surface area (Å²) >= 11 is 6.40. The summed E-state index contributed by atoms with van der Waals surface area (Å²) in [6.45, 7) is 1.98. The summed E-state index contributed by atoms with van der Waals surface area (Å²) in [7, 11) is 0. The molecule has 0 aliphatic rings. The van der Waals surface area contributed by atoms with Crippen molar-refractivity contribution < 1.29 is 4.79 Å². The molecule has 2 rings (SSSR count). The van der Waals surface area contributed by atoms with Gasteiger partial charge in [0.2, 0.25) is 5.78 Å². The van der Waals surface area contributed by atoms with Crippen LogP contribution in [0.4, 0.5) is 0 Å². The van der Waals surface area contributed by atoms with Gasteiger partial charge in [0.05, 0.1) is 12.2 Å². The van der Waals surface area contributed by atoms with E-state index in [1.165, 1.54) is 6.20 Å². The van der Waals surface area contributed by atoms with Gasteiger partial charge in [-0.15, -0.1) is 5.10 Å². The molecule has 0 N–H and O–H groups in total. The van der Waals surface area contributed by atoms with E-state index < -0.39 is 3.74 Å². The van der Waals surface area contributed by atoms with Gasteiger partial charge >= 0.3 is 0 Å². The highest BCUT2D eigenvalue weighted by molar-refractivity contribution is 9.25. The second-order valence-corrected chi connectivity index (χ2v) is 6.88. The molecule has 4 nitrogen and oxygen atoms in total. The maximum atomic E-state index is 12.0. The van der Waals surface area contributed by atoms with Crippen LogP contribution in [0.3, 0.4) is 0 Å². The Kier molecular flexibility index (Phi) is 4.29. The maximum absolute atomic E-state index is 12.0. The van der Waals surface area contributed by atoms with Gasteiger partial charge in [0.25, 0.3) is 0 Å². The normalized spacial score (nSPS) is 12.7. The second-order valence-electron chi connectivity index (χ2n) is 3.82. The van der Waals surface area contributed by atoms with Crippen LogP contribution in [0.15, 0.2) is 36.5 Å². The van der Waals surface area contributed by atoms with Gasteiger partial charge in [0.1, 0.15) is 9.43 Å². The van der Waals surface area contributed by atoms with Crippen LogP contribution in [0.25, 0.3) is 0 Å². The molecule has 0 amide bonds. The summed E-state index contributed by atoms with van der Waals surface area (Å²) in [6.07, 6.45) is 1.48. The molecule has 18 heavy (non-hydrogen) atoms. The number of aromatic nitrogens is 3. The third kappa shape index (κ3) is 2.70. The number of halogens is 2. The highest BCUT2D eigenvalue weighted by Gasteiger charge is 2.22. The zero-order chi connectivity index (χ0) is 13.1. The lowest BCUT2D eigenvalue weighted by Gasteiger charge is -2.14. The maximum Gasteiger partial charge on any atom is 0.206 e. The molecular formula is C12H11Br2N3O. The summed E-state index contributed by atoms with van der Waals surface area (Å²) in [5.41, 5.74) is 1.56. The molecule has 0 aliphatic carbocycles. The number of Topliss-reactive ketones (excluding diaryl/α,β-unsaturated/α-hetero) is 1. The predicted molar refractivity (Wildman–Crippen MR) is 76.2 cm³/mol. The number of carbonyl (C=O) groups is 1. The minimum Gasteiger partial charge on any atom is -0.290 e. The van der Waals surface area contributed by atoms with E-state index in [0.29, 0.717) is 5.69 Å². The van der Waals surface area contributed by atoms with Gasteiger partial charge in [0, 0.05) is 0 Å². The number of hydrogen-bond acceptors (Lipinski definition) is 3. The summed E-state index contributed by atoms with van der Waals surface area (Å²) < 4.78 is 1.21. The number of nitrogens with zero attached hydrogens (tertiary/aromatic N) is 3. The van der Waals surface area contributed by atoms with E-state index >= 15 is 0 Å². The van der Waals surface area contributed by atoms with Crippen LogP contribution in [-0.2, 0) is 0 Å². The molecule has 2 aromatic rings. The van der Waals surface area contributed by atoms with Crippen LogP contribution < -0.4 is 0 Å². The van der Waals surface area contributed by atoms with Crippen molar-refractivity contribution in [1.29, 1.82) is 0 Å². The summed E-state index contributed by atoms with van der Waals surface area (Å²) in [5.74, 6) is -0.0946. The molecule has 0 spiro atoms. The lowest BCUT2D eigenvalue weighted by Crippen LogP contribution is -2.18. The lowest BCUT2D eigenvalue weighted by atomic mass is 10.1. The van der Waals surface area contributed by atoms with Crippen molar-refractivity contribution in [2.75, 3.05) is 0 Å². The molecule has 94 valence electrons. The Morgan fingerprint density at radius 3 is 2.56 bits per heavy atom. The average molecular weight is 373 g/mol. The fraction of sp³-hybridized carbons (Fsp3) is 0.250. The largest absolute Gasteiger partial charge is 0.290 e. The van der Waals surface area contributed by atoms with Gasteiger partial charge in [-0.2, -0.15) is 0 Å². The van der Waals surface area contributed by atoms with Crippen molar-refractivity contribution in [3.8, 4) is 0 Å².